The van der Waals surface area contributed by atoms with Crippen LogP contribution in [0.15, 0.2) is 0 Å². The molecule has 1 heterocycles. The average molecular weight is 171 g/mol. The van der Waals surface area contributed by atoms with Crippen LogP contribution in [-0.2, 0) is 4.74 Å². The fraction of sp³-hybridized carbons (Fsp3) is 1.00. The third-order valence-corrected chi connectivity index (χ3v) is 2.80. The molecule has 1 aliphatic heterocycles. The summed E-state index contributed by atoms with van der Waals surface area (Å²) in [6.07, 6.45) is 2.92. The molecule has 1 rings (SSSR count). The highest BCUT2D eigenvalue weighted by Crippen LogP contribution is 2.18. The molecule has 2 heteroatoms. The molecule has 12 heavy (non-hydrogen) atoms. The highest BCUT2D eigenvalue weighted by Gasteiger charge is 2.23. The van der Waals surface area contributed by atoms with Gasteiger partial charge < -0.3 is 10.1 Å². The zero-order valence-electron chi connectivity index (χ0n) is 8.47. The van der Waals surface area contributed by atoms with Crippen LogP contribution in [0.1, 0.15) is 33.6 Å². The third kappa shape index (κ3) is 2.46. The summed E-state index contributed by atoms with van der Waals surface area (Å²) < 4.78 is 5.77. The highest BCUT2D eigenvalue weighted by atomic mass is 16.5. The summed E-state index contributed by atoms with van der Waals surface area (Å²) >= 11 is 0. The maximum atomic E-state index is 5.77. The van der Waals surface area contributed by atoms with Gasteiger partial charge in [0.2, 0.25) is 0 Å². The van der Waals surface area contributed by atoms with Crippen LogP contribution in [0.25, 0.3) is 0 Å². The number of rotatable bonds is 3. The Kier molecular flexibility index (Phi) is 4.02. The summed E-state index contributed by atoms with van der Waals surface area (Å²) in [5.41, 5.74) is 0. The molecule has 1 fully saturated rings. The van der Waals surface area contributed by atoms with Crippen LogP contribution in [0.2, 0.25) is 0 Å². The van der Waals surface area contributed by atoms with Crippen molar-refractivity contribution in [3.05, 3.63) is 0 Å². The maximum absolute atomic E-state index is 5.77. The first-order valence-corrected chi connectivity index (χ1v) is 5.12. The van der Waals surface area contributed by atoms with E-state index in [1.165, 1.54) is 12.8 Å². The van der Waals surface area contributed by atoms with Crippen LogP contribution < -0.4 is 5.32 Å². The average Bonchev–Trinajstić information content (AvgIpc) is 2.10. The highest BCUT2D eigenvalue weighted by molar-refractivity contribution is 4.77. The van der Waals surface area contributed by atoms with Gasteiger partial charge in [0.15, 0.2) is 0 Å². The molecule has 0 aromatic heterocycles. The molecular formula is C10H21NO. The molecule has 0 aromatic rings. The Bertz CT molecular complexity index is 115. The van der Waals surface area contributed by atoms with Crippen molar-refractivity contribution in [1.29, 1.82) is 0 Å². The lowest BCUT2D eigenvalue weighted by Gasteiger charge is -2.33. The number of hydrogen-bond acceptors (Lipinski definition) is 2. The van der Waals surface area contributed by atoms with Crippen molar-refractivity contribution in [1.82, 2.24) is 5.32 Å². The number of hydrogen-bond donors (Lipinski definition) is 1. The molecule has 0 bridgehead atoms. The van der Waals surface area contributed by atoms with E-state index in [9.17, 15) is 0 Å². The van der Waals surface area contributed by atoms with E-state index in [2.05, 4.69) is 26.1 Å². The predicted molar refractivity (Wildman–Crippen MR) is 51.3 cm³/mol. The van der Waals surface area contributed by atoms with Crippen molar-refractivity contribution in [2.24, 2.45) is 5.92 Å². The predicted octanol–water partition coefficient (Wildman–Crippen LogP) is 1.80. The van der Waals surface area contributed by atoms with E-state index in [1.54, 1.807) is 0 Å². The van der Waals surface area contributed by atoms with Gasteiger partial charge in [-0.2, -0.15) is 0 Å². The van der Waals surface area contributed by atoms with Crippen LogP contribution in [0.5, 0.6) is 0 Å². The topological polar surface area (TPSA) is 21.3 Å². The summed E-state index contributed by atoms with van der Waals surface area (Å²) in [7, 11) is 0. The Labute approximate surface area is 75.7 Å². The fourth-order valence-corrected chi connectivity index (χ4v) is 1.82. The summed E-state index contributed by atoms with van der Waals surface area (Å²) in [6.45, 7) is 8.57. The van der Waals surface area contributed by atoms with Gasteiger partial charge in [-0.1, -0.05) is 26.7 Å². The van der Waals surface area contributed by atoms with Crippen LogP contribution in [-0.4, -0.2) is 25.3 Å². The van der Waals surface area contributed by atoms with Gasteiger partial charge in [-0.25, -0.2) is 0 Å². The molecule has 2 atom stereocenters. The minimum absolute atomic E-state index is 0.455. The fourth-order valence-electron chi connectivity index (χ4n) is 1.82. The van der Waals surface area contributed by atoms with Gasteiger partial charge in [-0.3, -0.25) is 0 Å². The van der Waals surface area contributed by atoms with Gasteiger partial charge in [-0.05, 0) is 12.8 Å². The molecule has 0 aliphatic carbocycles. The van der Waals surface area contributed by atoms with E-state index < -0.39 is 0 Å². The van der Waals surface area contributed by atoms with Gasteiger partial charge in [0.05, 0.1) is 12.7 Å². The second-order valence-electron chi connectivity index (χ2n) is 3.76. The second-order valence-corrected chi connectivity index (χ2v) is 3.76. The summed E-state index contributed by atoms with van der Waals surface area (Å²) in [5.74, 6) is 0.741. The van der Waals surface area contributed by atoms with Gasteiger partial charge >= 0.3 is 0 Å². The first kappa shape index (κ1) is 10.0. The molecule has 0 spiro atoms. The van der Waals surface area contributed by atoms with Crippen LogP contribution in [0, 0.1) is 5.92 Å². The van der Waals surface area contributed by atoms with Gasteiger partial charge in [-0.15, -0.1) is 0 Å². The van der Waals surface area contributed by atoms with Gasteiger partial charge in [0.1, 0.15) is 0 Å². The Morgan fingerprint density at radius 1 is 1.42 bits per heavy atom. The molecule has 0 aromatic carbocycles. The van der Waals surface area contributed by atoms with E-state index in [4.69, 9.17) is 4.74 Å². The molecule has 0 radical (unpaired) electrons. The molecule has 1 N–H and O–H groups in total. The molecular weight excluding hydrogens is 150 g/mol. The number of ether oxygens (including phenoxy) is 1. The molecule has 0 amide bonds. The van der Waals surface area contributed by atoms with Crippen molar-refractivity contribution >= 4 is 0 Å². The van der Waals surface area contributed by atoms with Crippen LogP contribution in [0.3, 0.4) is 0 Å². The lowest BCUT2D eigenvalue weighted by molar-refractivity contribution is -0.0278. The van der Waals surface area contributed by atoms with Gasteiger partial charge in [0.25, 0.3) is 0 Å². The first-order valence-electron chi connectivity index (χ1n) is 5.12. The lowest BCUT2D eigenvalue weighted by atomic mass is 9.95. The van der Waals surface area contributed by atoms with Crippen molar-refractivity contribution < 1.29 is 4.74 Å². The summed E-state index contributed by atoms with van der Waals surface area (Å²) in [4.78, 5) is 0. The summed E-state index contributed by atoms with van der Waals surface area (Å²) in [6, 6.07) is 0.538. The SMILES string of the molecule is CCC(CC)C1CNC(C)CO1. The smallest absolute Gasteiger partial charge is 0.0728 e. The normalized spacial score (nSPS) is 31.0. The minimum Gasteiger partial charge on any atom is -0.375 e. The van der Waals surface area contributed by atoms with Crippen molar-refractivity contribution in [3.8, 4) is 0 Å². The van der Waals surface area contributed by atoms with Crippen molar-refractivity contribution in [2.75, 3.05) is 13.2 Å². The van der Waals surface area contributed by atoms with Crippen LogP contribution >= 0.6 is 0 Å². The lowest BCUT2D eigenvalue weighted by Crippen LogP contribution is -2.47. The van der Waals surface area contributed by atoms with E-state index in [0.29, 0.717) is 12.1 Å². The van der Waals surface area contributed by atoms with Gasteiger partial charge in [0, 0.05) is 12.6 Å². The molecule has 0 saturated carbocycles. The van der Waals surface area contributed by atoms with Crippen LogP contribution in [0.4, 0.5) is 0 Å². The van der Waals surface area contributed by atoms with E-state index in [0.717, 1.165) is 19.1 Å². The largest absolute Gasteiger partial charge is 0.375 e. The Morgan fingerprint density at radius 3 is 2.50 bits per heavy atom. The van der Waals surface area contributed by atoms with Crippen molar-refractivity contribution in [2.45, 2.75) is 45.8 Å². The standard InChI is InChI=1S/C10H21NO/c1-4-9(5-2)10-6-11-8(3)7-12-10/h8-11H,4-7H2,1-3H3. The zero-order chi connectivity index (χ0) is 8.97. The monoisotopic (exact) mass is 171 g/mol. The number of nitrogens with one attached hydrogen (secondary N) is 1. The second kappa shape index (κ2) is 4.83. The molecule has 2 nitrogen and oxygen atoms in total. The minimum atomic E-state index is 0.455. The zero-order valence-corrected chi connectivity index (χ0v) is 8.47. The number of morpholine rings is 1. The Morgan fingerprint density at radius 2 is 2.08 bits per heavy atom. The maximum Gasteiger partial charge on any atom is 0.0728 e. The molecule has 1 aliphatic rings. The first-order chi connectivity index (χ1) is 5.77. The summed E-state index contributed by atoms with van der Waals surface area (Å²) in [5, 5.41) is 3.46. The van der Waals surface area contributed by atoms with E-state index >= 15 is 0 Å². The van der Waals surface area contributed by atoms with E-state index in [1.807, 2.05) is 0 Å². The Balaban J connectivity index is 2.32. The van der Waals surface area contributed by atoms with E-state index in [-0.39, 0.29) is 0 Å². The molecule has 1 saturated heterocycles. The van der Waals surface area contributed by atoms with Crippen molar-refractivity contribution in [3.63, 3.8) is 0 Å². The molecule has 2 unspecified atom stereocenters. The molecule has 72 valence electrons. The quantitative estimate of drug-likeness (QED) is 0.699. The third-order valence-electron chi connectivity index (χ3n) is 2.80. The Hall–Kier alpha value is -0.0800.